The second kappa shape index (κ2) is 5.49. The van der Waals surface area contributed by atoms with Gasteiger partial charge in [-0.1, -0.05) is 0 Å². The highest BCUT2D eigenvalue weighted by atomic mass is 79.9. The maximum absolute atomic E-state index is 13.7. The summed E-state index contributed by atoms with van der Waals surface area (Å²) in [4.78, 5) is 13.6. The van der Waals surface area contributed by atoms with Crippen LogP contribution in [0.15, 0.2) is 28.9 Å². The molecule has 0 saturated carbocycles. The fourth-order valence-corrected chi connectivity index (χ4v) is 1.80. The summed E-state index contributed by atoms with van der Waals surface area (Å²) in [6.07, 6.45) is 1.29. The van der Waals surface area contributed by atoms with Crippen molar-refractivity contribution in [1.82, 2.24) is 4.98 Å². The minimum Gasteiger partial charge on any atom is -0.433 e. The van der Waals surface area contributed by atoms with Gasteiger partial charge < -0.3 is 4.74 Å². The van der Waals surface area contributed by atoms with Crippen LogP contribution >= 0.6 is 15.9 Å². The van der Waals surface area contributed by atoms with Crippen LogP contribution in [0.1, 0.15) is 5.56 Å². The molecule has 0 atom stereocenters. The molecule has 8 heteroatoms. The number of pyridine rings is 1. The van der Waals surface area contributed by atoms with Gasteiger partial charge in [-0.25, -0.2) is 13.8 Å². The molecule has 0 aliphatic heterocycles. The van der Waals surface area contributed by atoms with Crippen LogP contribution < -0.4 is 4.74 Å². The van der Waals surface area contributed by atoms with Gasteiger partial charge in [-0.15, -0.1) is 0 Å². The number of rotatable bonds is 3. The molecular weight excluding hydrogens is 338 g/mol. The zero-order chi connectivity index (χ0) is 14.9. The average molecular weight is 345 g/mol. The fourth-order valence-electron chi connectivity index (χ4n) is 1.50. The van der Waals surface area contributed by atoms with Crippen LogP contribution in [0.25, 0.3) is 0 Å². The van der Waals surface area contributed by atoms with Gasteiger partial charge in [0.05, 0.1) is 11.0 Å². The molecule has 1 aromatic heterocycles. The summed E-state index contributed by atoms with van der Waals surface area (Å²) in [5.74, 6) is -2.50. The standard InChI is InChI=1S/C12H7BrF2N2O3/c1-6-2-11(8(14)4-10(6)17(18)19)20-12-9(15)3-7(13)5-16-12/h2-5H,1H3. The molecule has 0 saturated heterocycles. The van der Waals surface area contributed by atoms with Crippen molar-refractivity contribution < 1.29 is 18.4 Å². The lowest BCUT2D eigenvalue weighted by atomic mass is 10.2. The van der Waals surface area contributed by atoms with Crippen LogP contribution in [0.3, 0.4) is 0 Å². The number of aryl methyl sites for hydroxylation is 1. The highest BCUT2D eigenvalue weighted by molar-refractivity contribution is 9.10. The molecule has 2 aromatic rings. The highest BCUT2D eigenvalue weighted by Crippen LogP contribution is 2.31. The molecule has 0 aliphatic rings. The Hall–Kier alpha value is -2.09. The number of benzene rings is 1. The van der Waals surface area contributed by atoms with E-state index >= 15 is 0 Å². The van der Waals surface area contributed by atoms with Crippen LogP contribution in [0, 0.1) is 28.7 Å². The van der Waals surface area contributed by atoms with E-state index in [0.29, 0.717) is 4.47 Å². The highest BCUT2D eigenvalue weighted by Gasteiger charge is 2.18. The molecule has 20 heavy (non-hydrogen) atoms. The minimum absolute atomic E-state index is 0.198. The van der Waals surface area contributed by atoms with Crippen LogP contribution in [-0.4, -0.2) is 9.91 Å². The minimum atomic E-state index is -0.966. The predicted octanol–water partition coefficient (Wildman–Crippen LogP) is 4.13. The molecule has 2 rings (SSSR count). The van der Waals surface area contributed by atoms with E-state index in [-0.39, 0.29) is 17.0 Å². The van der Waals surface area contributed by atoms with E-state index in [2.05, 4.69) is 20.9 Å². The van der Waals surface area contributed by atoms with Crippen molar-refractivity contribution in [1.29, 1.82) is 0 Å². The van der Waals surface area contributed by atoms with Crippen molar-refractivity contribution >= 4 is 21.6 Å². The van der Waals surface area contributed by atoms with Gasteiger partial charge in [0.25, 0.3) is 11.6 Å². The van der Waals surface area contributed by atoms with E-state index < -0.39 is 22.4 Å². The zero-order valence-corrected chi connectivity index (χ0v) is 11.6. The first kappa shape index (κ1) is 14.3. The molecule has 0 radical (unpaired) electrons. The quantitative estimate of drug-likeness (QED) is 0.620. The average Bonchev–Trinajstić information content (AvgIpc) is 2.36. The number of aromatic nitrogens is 1. The second-order valence-electron chi connectivity index (χ2n) is 3.87. The van der Waals surface area contributed by atoms with Gasteiger partial charge in [0.1, 0.15) is 0 Å². The third-order valence-corrected chi connectivity index (χ3v) is 2.86. The van der Waals surface area contributed by atoms with Gasteiger partial charge in [-0.3, -0.25) is 10.1 Å². The van der Waals surface area contributed by atoms with Gasteiger partial charge >= 0.3 is 0 Å². The third kappa shape index (κ3) is 2.90. The molecule has 0 fully saturated rings. The van der Waals surface area contributed by atoms with E-state index in [1.165, 1.54) is 13.1 Å². The summed E-state index contributed by atoms with van der Waals surface area (Å²) in [7, 11) is 0. The molecule has 1 heterocycles. The Morgan fingerprint density at radius 2 is 2.00 bits per heavy atom. The monoisotopic (exact) mass is 344 g/mol. The van der Waals surface area contributed by atoms with E-state index in [9.17, 15) is 18.9 Å². The second-order valence-corrected chi connectivity index (χ2v) is 4.78. The normalized spacial score (nSPS) is 10.4. The molecule has 0 aliphatic carbocycles. The summed E-state index contributed by atoms with van der Waals surface area (Å²) in [5, 5.41) is 10.7. The smallest absolute Gasteiger partial charge is 0.275 e. The number of hydrogen-bond acceptors (Lipinski definition) is 4. The van der Waals surface area contributed by atoms with Crippen LogP contribution in [0.5, 0.6) is 11.6 Å². The maximum Gasteiger partial charge on any atom is 0.275 e. The van der Waals surface area contributed by atoms with Gasteiger partial charge in [-0.2, -0.15) is 0 Å². The Labute approximate surface area is 120 Å². The Kier molecular flexibility index (Phi) is 3.93. The molecule has 0 amide bonds. The maximum atomic E-state index is 13.7. The van der Waals surface area contributed by atoms with Crippen LogP contribution in [0.2, 0.25) is 0 Å². The molecular formula is C12H7BrF2N2O3. The van der Waals surface area contributed by atoms with E-state index in [1.807, 2.05) is 0 Å². The van der Waals surface area contributed by atoms with Gasteiger partial charge in [0.2, 0.25) is 0 Å². The van der Waals surface area contributed by atoms with Crippen LogP contribution in [0.4, 0.5) is 14.5 Å². The largest absolute Gasteiger partial charge is 0.433 e. The third-order valence-electron chi connectivity index (χ3n) is 2.43. The summed E-state index contributed by atoms with van der Waals surface area (Å²) in [5.41, 5.74) is -0.178. The molecule has 104 valence electrons. The number of nitro groups is 1. The van der Waals surface area contributed by atoms with Gasteiger partial charge in [-0.05, 0) is 35.0 Å². The van der Waals surface area contributed by atoms with Crippen molar-refractivity contribution in [3.63, 3.8) is 0 Å². The Balaban J connectivity index is 2.39. The summed E-state index contributed by atoms with van der Waals surface area (Å²) in [6, 6.07) is 2.95. The van der Waals surface area contributed by atoms with Gasteiger partial charge in [0, 0.05) is 16.2 Å². The number of hydrogen-bond donors (Lipinski definition) is 0. The lowest BCUT2D eigenvalue weighted by molar-refractivity contribution is -0.385. The summed E-state index contributed by atoms with van der Waals surface area (Å²) in [6.45, 7) is 1.43. The Morgan fingerprint density at radius 3 is 2.60 bits per heavy atom. The molecule has 5 nitrogen and oxygen atoms in total. The number of nitrogens with zero attached hydrogens (tertiary/aromatic N) is 2. The van der Waals surface area contributed by atoms with E-state index in [4.69, 9.17) is 4.74 Å². The number of ether oxygens (including phenoxy) is 1. The SMILES string of the molecule is Cc1cc(Oc2ncc(Br)cc2F)c(F)cc1[N+](=O)[O-]. The lowest BCUT2D eigenvalue weighted by Gasteiger charge is -2.08. The first-order valence-corrected chi connectivity index (χ1v) is 6.11. The Morgan fingerprint density at radius 1 is 1.30 bits per heavy atom. The first-order valence-electron chi connectivity index (χ1n) is 5.32. The molecule has 0 unspecified atom stereocenters. The topological polar surface area (TPSA) is 65.3 Å². The van der Waals surface area contributed by atoms with Crippen molar-refractivity contribution in [2.45, 2.75) is 6.92 Å². The first-order chi connectivity index (χ1) is 9.38. The summed E-state index contributed by atoms with van der Waals surface area (Å²) < 4.78 is 32.6. The van der Waals surface area contributed by atoms with Crippen molar-refractivity contribution in [2.75, 3.05) is 0 Å². The van der Waals surface area contributed by atoms with E-state index in [0.717, 1.165) is 18.2 Å². The Bertz CT molecular complexity index is 695. The van der Waals surface area contributed by atoms with Gasteiger partial charge in [0.15, 0.2) is 17.4 Å². The predicted molar refractivity (Wildman–Crippen MR) is 69.8 cm³/mol. The number of halogens is 3. The molecule has 0 N–H and O–H groups in total. The number of nitro benzene ring substituents is 1. The van der Waals surface area contributed by atoms with Crippen LogP contribution in [-0.2, 0) is 0 Å². The molecule has 0 spiro atoms. The lowest BCUT2D eigenvalue weighted by Crippen LogP contribution is -1.98. The van der Waals surface area contributed by atoms with E-state index in [1.54, 1.807) is 0 Å². The summed E-state index contributed by atoms with van der Waals surface area (Å²) >= 11 is 3.03. The van der Waals surface area contributed by atoms with Crippen molar-refractivity contribution in [3.8, 4) is 11.6 Å². The molecule has 1 aromatic carbocycles. The zero-order valence-electron chi connectivity index (χ0n) is 10.1. The fraction of sp³-hybridized carbons (Fsp3) is 0.0833. The van der Waals surface area contributed by atoms with Crippen molar-refractivity contribution in [3.05, 3.63) is 56.2 Å². The molecule has 0 bridgehead atoms. The van der Waals surface area contributed by atoms with Crippen molar-refractivity contribution in [2.24, 2.45) is 0 Å².